The fourth-order valence-corrected chi connectivity index (χ4v) is 1.01. The van der Waals surface area contributed by atoms with E-state index >= 15 is 0 Å². The molecule has 0 fully saturated rings. The van der Waals surface area contributed by atoms with Gasteiger partial charge in [-0.05, 0) is 18.8 Å². The summed E-state index contributed by atoms with van der Waals surface area (Å²) in [6.07, 6.45) is 0.843. The van der Waals surface area contributed by atoms with Gasteiger partial charge in [-0.1, -0.05) is 26.0 Å². The highest BCUT2D eigenvalue weighted by Gasteiger charge is 2.15. The normalized spacial score (nSPS) is 11.7. The van der Waals surface area contributed by atoms with Crippen molar-refractivity contribution in [2.24, 2.45) is 5.41 Å². The summed E-state index contributed by atoms with van der Waals surface area (Å²) in [6.45, 7) is 12.2. The number of hydrogen-bond donors (Lipinski definition) is 2. The zero-order valence-corrected chi connectivity index (χ0v) is 8.48. The monoisotopic (exact) mass is 171 g/mol. The summed E-state index contributed by atoms with van der Waals surface area (Å²) in [5.74, 6) is 0. The van der Waals surface area contributed by atoms with Crippen molar-refractivity contribution in [2.75, 3.05) is 19.7 Å². The lowest BCUT2D eigenvalue weighted by atomic mass is 9.90. The van der Waals surface area contributed by atoms with Gasteiger partial charge >= 0.3 is 0 Å². The Morgan fingerprint density at radius 1 is 1.50 bits per heavy atom. The van der Waals surface area contributed by atoms with Gasteiger partial charge in [-0.15, -0.1) is 0 Å². The molecule has 0 saturated heterocycles. The first-order chi connectivity index (χ1) is 5.48. The third-order valence-corrected chi connectivity index (χ3v) is 1.82. The molecule has 0 amide bonds. The standard InChI is InChI=1S/C10H21NO/c1-9(2)7-11-8-10(3,4)5-6-12/h11-12H,1,5-8H2,2-4H3. The van der Waals surface area contributed by atoms with Crippen LogP contribution in [0.3, 0.4) is 0 Å². The molecule has 0 aliphatic heterocycles. The van der Waals surface area contributed by atoms with Crippen molar-refractivity contribution in [3.05, 3.63) is 12.2 Å². The highest BCUT2D eigenvalue weighted by molar-refractivity contribution is 4.91. The molecule has 0 heterocycles. The second-order valence-corrected chi connectivity index (χ2v) is 4.20. The van der Waals surface area contributed by atoms with Gasteiger partial charge < -0.3 is 10.4 Å². The Morgan fingerprint density at radius 2 is 2.08 bits per heavy atom. The Balaban J connectivity index is 3.53. The van der Waals surface area contributed by atoms with Crippen LogP contribution in [0, 0.1) is 5.41 Å². The molecule has 0 saturated carbocycles. The average molecular weight is 171 g/mol. The summed E-state index contributed by atoms with van der Waals surface area (Å²) in [7, 11) is 0. The predicted octanol–water partition coefficient (Wildman–Crippen LogP) is 1.56. The Hall–Kier alpha value is -0.340. The van der Waals surface area contributed by atoms with E-state index in [1.54, 1.807) is 0 Å². The van der Waals surface area contributed by atoms with Crippen molar-refractivity contribution < 1.29 is 5.11 Å². The molecule has 0 aromatic rings. The molecule has 2 nitrogen and oxygen atoms in total. The Morgan fingerprint density at radius 3 is 2.50 bits per heavy atom. The van der Waals surface area contributed by atoms with Crippen LogP contribution in [0.2, 0.25) is 0 Å². The summed E-state index contributed by atoms with van der Waals surface area (Å²) < 4.78 is 0. The lowest BCUT2D eigenvalue weighted by Crippen LogP contribution is -2.31. The van der Waals surface area contributed by atoms with Crippen molar-refractivity contribution in [1.82, 2.24) is 5.32 Å². The van der Waals surface area contributed by atoms with Crippen molar-refractivity contribution >= 4 is 0 Å². The lowest BCUT2D eigenvalue weighted by molar-refractivity contribution is 0.208. The molecule has 0 rings (SSSR count). The third-order valence-electron chi connectivity index (χ3n) is 1.82. The van der Waals surface area contributed by atoms with Gasteiger partial charge in [0.05, 0.1) is 0 Å². The second kappa shape index (κ2) is 5.33. The number of hydrogen-bond acceptors (Lipinski definition) is 2. The molecule has 2 heteroatoms. The van der Waals surface area contributed by atoms with E-state index in [2.05, 4.69) is 25.7 Å². The van der Waals surface area contributed by atoms with E-state index < -0.39 is 0 Å². The highest BCUT2D eigenvalue weighted by Crippen LogP contribution is 2.17. The maximum Gasteiger partial charge on any atom is 0.0436 e. The molecule has 0 aliphatic carbocycles. The first kappa shape index (κ1) is 11.7. The summed E-state index contributed by atoms with van der Waals surface area (Å²) in [6, 6.07) is 0. The van der Waals surface area contributed by atoms with Crippen LogP contribution < -0.4 is 5.32 Å². The number of aliphatic hydroxyl groups excluding tert-OH is 1. The molecule has 0 atom stereocenters. The number of rotatable bonds is 6. The lowest BCUT2D eigenvalue weighted by Gasteiger charge is -2.23. The molecule has 0 unspecified atom stereocenters. The van der Waals surface area contributed by atoms with Gasteiger partial charge in [-0.25, -0.2) is 0 Å². The van der Waals surface area contributed by atoms with Crippen LogP contribution in [0.1, 0.15) is 27.2 Å². The minimum absolute atomic E-state index is 0.185. The molecule has 0 spiro atoms. The van der Waals surface area contributed by atoms with Crippen molar-refractivity contribution in [2.45, 2.75) is 27.2 Å². The molecule has 2 N–H and O–H groups in total. The maximum atomic E-state index is 8.77. The minimum atomic E-state index is 0.185. The highest BCUT2D eigenvalue weighted by atomic mass is 16.3. The van der Waals surface area contributed by atoms with Crippen molar-refractivity contribution in [3.63, 3.8) is 0 Å². The van der Waals surface area contributed by atoms with Crippen LogP contribution in [0.4, 0.5) is 0 Å². The van der Waals surface area contributed by atoms with E-state index in [4.69, 9.17) is 5.11 Å². The molecule has 72 valence electrons. The molecule has 0 radical (unpaired) electrons. The van der Waals surface area contributed by atoms with Gasteiger partial charge in [0.2, 0.25) is 0 Å². The minimum Gasteiger partial charge on any atom is -0.396 e. The van der Waals surface area contributed by atoms with E-state index in [1.165, 1.54) is 0 Å². The summed E-state index contributed by atoms with van der Waals surface area (Å²) in [5, 5.41) is 12.1. The van der Waals surface area contributed by atoms with Crippen LogP contribution in [0.15, 0.2) is 12.2 Å². The van der Waals surface area contributed by atoms with Crippen LogP contribution in [0.5, 0.6) is 0 Å². The third kappa shape index (κ3) is 6.38. The van der Waals surface area contributed by atoms with Crippen LogP contribution in [-0.4, -0.2) is 24.8 Å². The van der Waals surface area contributed by atoms with E-state index in [1.807, 2.05) is 6.92 Å². The largest absolute Gasteiger partial charge is 0.396 e. The smallest absolute Gasteiger partial charge is 0.0436 e. The second-order valence-electron chi connectivity index (χ2n) is 4.20. The van der Waals surface area contributed by atoms with Crippen molar-refractivity contribution in [1.29, 1.82) is 0 Å². The number of aliphatic hydroxyl groups is 1. The van der Waals surface area contributed by atoms with Crippen LogP contribution >= 0.6 is 0 Å². The van der Waals surface area contributed by atoms with E-state index in [9.17, 15) is 0 Å². The molecular formula is C10H21NO. The number of nitrogens with one attached hydrogen (secondary N) is 1. The van der Waals surface area contributed by atoms with Gasteiger partial charge in [0.25, 0.3) is 0 Å². The Kier molecular flexibility index (Phi) is 5.18. The first-order valence-corrected chi connectivity index (χ1v) is 4.44. The average Bonchev–Trinajstić information content (AvgIpc) is 1.85. The Bertz CT molecular complexity index is 141. The van der Waals surface area contributed by atoms with Gasteiger partial charge in [0.15, 0.2) is 0 Å². The summed E-state index contributed by atoms with van der Waals surface area (Å²) in [4.78, 5) is 0. The SMILES string of the molecule is C=C(C)CNCC(C)(C)CCO. The van der Waals surface area contributed by atoms with Gasteiger partial charge in [0, 0.05) is 19.7 Å². The fraction of sp³-hybridized carbons (Fsp3) is 0.800. The van der Waals surface area contributed by atoms with Gasteiger partial charge in [-0.2, -0.15) is 0 Å². The molecule has 0 aromatic carbocycles. The topological polar surface area (TPSA) is 32.3 Å². The molecule has 0 bridgehead atoms. The van der Waals surface area contributed by atoms with E-state index in [0.29, 0.717) is 0 Å². The summed E-state index contributed by atoms with van der Waals surface area (Å²) in [5.41, 5.74) is 1.33. The van der Waals surface area contributed by atoms with Crippen molar-refractivity contribution in [3.8, 4) is 0 Å². The van der Waals surface area contributed by atoms with Gasteiger partial charge in [0.1, 0.15) is 0 Å². The van der Waals surface area contributed by atoms with E-state index in [-0.39, 0.29) is 12.0 Å². The predicted molar refractivity (Wildman–Crippen MR) is 53.2 cm³/mol. The van der Waals surface area contributed by atoms with Gasteiger partial charge in [-0.3, -0.25) is 0 Å². The quantitative estimate of drug-likeness (QED) is 0.594. The zero-order valence-electron chi connectivity index (χ0n) is 8.48. The zero-order chi connectivity index (χ0) is 9.61. The first-order valence-electron chi connectivity index (χ1n) is 4.44. The molecule has 0 aliphatic rings. The maximum absolute atomic E-state index is 8.77. The molecular weight excluding hydrogens is 150 g/mol. The molecule has 12 heavy (non-hydrogen) atoms. The fourth-order valence-electron chi connectivity index (χ4n) is 1.01. The van der Waals surface area contributed by atoms with E-state index in [0.717, 1.165) is 25.1 Å². The Labute approximate surface area is 75.7 Å². The molecule has 0 aromatic heterocycles. The van der Waals surface area contributed by atoms with Crippen LogP contribution in [-0.2, 0) is 0 Å². The summed E-state index contributed by atoms with van der Waals surface area (Å²) >= 11 is 0. The van der Waals surface area contributed by atoms with Crippen LogP contribution in [0.25, 0.3) is 0 Å².